The average Bonchev–Trinajstić information content (AvgIpc) is 3.54. The average molecular weight is 1300 g/mol. The molecule has 1 N–H and O–H groups in total. The summed E-state index contributed by atoms with van der Waals surface area (Å²) in [7, 11) is 5.93. The first-order valence-electron chi connectivity index (χ1n) is 35.8. The number of hydrogen-bond acceptors (Lipinski definition) is 7. The molecule has 0 bridgehead atoms. The van der Waals surface area contributed by atoms with Crippen LogP contribution in [0.25, 0.3) is 0 Å². The molecule has 0 aromatic heterocycles. The Morgan fingerprint density at radius 1 is 0.316 bits per heavy atom. The molecule has 0 rings (SSSR count). The molecular weight excluding hydrogens is 1170 g/mol. The van der Waals surface area contributed by atoms with Crippen LogP contribution in [0.1, 0.15) is 206 Å². The van der Waals surface area contributed by atoms with E-state index in [2.05, 4.69) is 269 Å². The standard InChI is InChI=1S/C86H127NO8/c1-6-8-10-12-14-16-18-20-22-24-26-28-30-32-34-36-37-38-39-40-41-42-43-44-45-46-47-49-51-53-55-57-59-61-63-65-67-69-71-73-75-77-84(89)95-82(81-94-86(85(90)91)92-79-78-87(3,4)5)80-93-83(88)76-74-72-70-68-66-64-62-60-58-56-54-52-50-48-35-33-31-29-27-25-23-21-19-17-15-13-11-9-7-2/h8-11,14-17,20-23,26-29,32-35,37-38,40-41,43-44,46-47,50-53,56-59,62-65,68,70,82,86H,6-7,12-13,18-19,24-25,30-31,36,39,42,45,48-49,54-55,60-61,66-67,69,71-81H2,1-5H3/p+1/b10-8-,11-9-,16-14-,17-15-,22-20-,23-21-,28-26-,29-27-,34-32-,35-33-,38-37-,41-40-,44-43-,47-46-,52-50-,53-51-,58-56-,59-57-,64-62-,65-63-,70-68-. The molecular formula is C86H128NO8+. The number of quaternary nitrogens is 1. The lowest BCUT2D eigenvalue weighted by Crippen LogP contribution is -2.40. The van der Waals surface area contributed by atoms with Gasteiger partial charge in [0, 0.05) is 12.8 Å². The Labute approximate surface area is 579 Å². The Morgan fingerprint density at radius 3 is 0.863 bits per heavy atom. The number of allylic oxidation sites excluding steroid dienone is 42. The lowest BCUT2D eigenvalue weighted by Gasteiger charge is -2.25. The Kier molecular flexibility index (Phi) is 67.2. The number of nitrogens with zero attached hydrogens (tertiary/aromatic N) is 1. The lowest BCUT2D eigenvalue weighted by atomic mass is 10.1. The topological polar surface area (TPSA) is 108 Å². The third-order valence-corrected chi connectivity index (χ3v) is 13.8. The number of carboxylic acids is 1. The molecule has 95 heavy (non-hydrogen) atoms. The summed E-state index contributed by atoms with van der Waals surface area (Å²) in [5.41, 5.74) is 0. The van der Waals surface area contributed by atoms with E-state index in [0.29, 0.717) is 23.9 Å². The van der Waals surface area contributed by atoms with Gasteiger partial charge in [0.25, 0.3) is 6.29 Å². The fraction of sp³-hybridized carbons (Fsp3) is 0.477. The van der Waals surface area contributed by atoms with Gasteiger partial charge in [0.15, 0.2) is 6.10 Å². The molecule has 2 unspecified atom stereocenters. The largest absolute Gasteiger partial charge is 0.477 e. The van der Waals surface area contributed by atoms with Gasteiger partial charge in [-0.15, -0.1) is 0 Å². The molecule has 9 heteroatoms. The molecule has 0 saturated carbocycles. The SMILES string of the molecule is CC/C=C\C/C=C\C/C=C\C/C=C\C/C=C\C/C=C\C/C=C\C/C=C\C/C=C\C/C=C\C/C=C\C/C=C\CCCCCCC(=O)OC(COC(=O)CCC/C=C\C/C=C\C/C=C\C/C=C\C/C=C\C/C=C\C/C=C\C/C=C\C/C=C\CC)COC(OCC[N+](C)(C)C)C(=O)O. The van der Waals surface area contributed by atoms with Gasteiger partial charge in [0.2, 0.25) is 0 Å². The minimum atomic E-state index is -1.55. The molecule has 524 valence electrons. The van der Waals surface area contributed by atoms with Crippen LogP contribution in [-0.2, 0) is 33.3 Å². The number of carbonyl (C=O) groups is 3. The van der Waals surface area contributed by atoms with E-state index in [-0.39, 0.29) is 32.7 Å². The molecule has 0 fully saturated rings. The van der Waals surface area contributed by atoms with Crippen molar-refractivity contribution in [1.82, 2.24) is 0 Å². The van der Waals surface area contributed by atoms with Gasteiger partial charge in [-0.2, -0.15) is 0 Å². The Balaban J connectivity index is 4.36. The third-order valence-electron chi connectivity index (χ3n) is 13.8. The maximum absolute atomic E-state index is 12.9. The van der Waals surface area contributed by atoms with E-state index in [1.165, 1.54) is 0 Å². The zero-order chi connectivity index (χ0) is 69.0. The Hall–Kier alpha value is -7.17. The zero-order valence-corrected chi connectivity index (χ0v) is 59.7. The van der Waals surface area contributed by atoms with E-state index >= 15 is 0 Å². The van der Waals surface area contributed by atoms with E-state index in [4.69, 9.17) is 18.9 Å². The third kappa shape index (κ3) is 74.1. The van der Waals surface area contributed by atoms with Crippen LogP contribution in [-0.4, -0.2) is 87.4 Å². The Morgan fingerprint density at radius 2 is 0.579 bits per heavy atom. The summed E-state index contributed by atoms with van der Waals surface area (Å²) in [6, 6.07) is 0. The second kappa shape index (κ2) is 72.7. The van der Waals surface area contributed by atoms with Crippen LogP contribution in [0.3, 0.4) is 0 Å². The van der Waals surface area contributed by atoms with E-state index in [1.807, 2.05) is 21.1 Å². The zero-order valence-electron chi connectivity index (χ0n) is 59.7. The van der Waals surface area contributed by atoms with Crippen LogP contribution in [0.2, 0.25) is 0 Å². The lowest BCUT2D eigenvalue weighted by molar-refractivity contribution is -0.870. The van der Waals surface area contributed by atoms with Crippen molar-refractivity contribution in [2.45, 2.75) is 219 Å². The van der Waals surface area contributed by atoms with Gasteiger partial charge in [0.05, 0.1) is 34.4 Å². The fourth-order valence-corrected chi connectivity index (χ4v) is 8.41. The number of carbonyl (C=O) groups excluding carboxylic acids is 2. The number of unbranched alkanes of at least 4 members (excludes halogenated alkanes) is 5. The van der Waals surface area contributed by atoms with Crippen LogP contribution >= 0.6 is 0 Å². The van der Waals surface area contributed by atoms with E-state index in [0.717, 1.165) is 167 Å². The number of carboxylic acid groups (broad SMARTS) is 1. The van der Waals surface area contributed by atoms with Gasteiger partial charge >= 0.3 is 17.9 Å². The molecule has 0 aromatic rings. The van der Waals surface area contributed by atoms with E-state index in [1.54, 1.807) is 0 Å². The molecule has 0 aliphatic rings. The van der Waals surface area contributed by atoms with Crippen LogP contribution < -0.4 is 0 Å². The molecule has 9 nitrogen and oxygen atoms in total. The number of hydrogen-bond donors (Lipinski definition) is 1. The monoisotopic (exact) mass is 1300 g/mol. The van der Waals surface area contributed by atoms with Gasteiger partial charge in [-0.25, -0.2) is 4.79 Å². The second-order valence-corrected chi connectivity index (χ2v) is 23.7. The van der Waals surface area contributed by atoms with Crippen molar-refractivity contribution < 1.29 is 42.9 Å². The number of esters is 2. The fourth-order valence-electron chi connectivity index (χ4n) is 8.41. The highest BCUT2D eigenvalue weighted by atomic mass is 16.7. The van der Waals surface area contributed by atoms with Crippen molar-refractivity contribution in [2.75, 3.05) is 47.5 Å². The molecule has 0 amide bonds. The number of ether oxygens (including phenoxy) is 4. The minimum Gasteiger partial charge on any atom is -0.477 e. The van der Waals surface area contributed by atoms with Crippen molar-refractivity contribution in [2.24, 2.45) is 0 Å². The molecule has 0 aliphatic carbocycles. The first-order chi connectivity index (χ1) is 46.6. The van der Waals surface area contributed by atoms with Gasteiger partial charge < -0.3 is 28.5 Å². The summed E-state index contributed by atoms with van der Waals surface area (Å²) in [6.07, 6.45) is 117. The highest BCUT2D eigenvalue weighted by Crippen LogP contribution is 2.12. The first-order valence-corrected chi connectivity index (χ1v) is 35.8. The van der Waals surface area contributed by atoms with Gasteiger partial charge in [-0.1, -0.05) is 282 Å². The maximum atomic E-state index is 12.9. The molecule has 0 radical (unpaired) electrons. The molecule has 0 aliphatic heterocycles. The number of aliphatic carboxylic acids is 1. The van der Waals surface area contributed by atoms with E-state index in [9.17, 15) is 19.5 Å². The van der Waals surface area contributed by atoms with Crippen molar-refractivity contribution >= 4 is 17.9 Å². The number of rotatable bonds is 62. The highest BCUT2D eigenvalue weighted by molar-refractivity contribution is 5.71. The van der Waals surface area contributed by atoms with Gasteiger partial charge in [0.1, 0.15) is 13.2 Å². The minimum absolute atomic E-state index is 0.158. The maximum Gasteiger partial charge on any atom is 0.361 e. The predicted molar refractivity (Wildman–Crippen MR) is 409 cm³/mol. The summed E-state index contributed by atoms with van der Waals surface area (Å²) >= 11 is 0. The van der Waals surface area contributed by atoms with Crippen molar-refractivity contribution in [1.29, 1.82) is 0 Å². The summed E-state index contributed by atoms with van der Waals surface area (Å²) in [5.74, 6) is -2.16. The summed E-state index contributed by atoms with van der Waals surface area (Å²) < 4.78 is 22.8. The molecule has 2 atom stereocenters. The van der Waals surface area contributed by atoms with Crippen LogP contribution in [0.5, 0.6) is 0 Å². The summed E-state index contributed by atoms with van der Waals surface area (Å²) in [5, 5.41) is 9.74. The summed E-state index contributed by atoms with van der Waals surface area (Å²) in [4.78, 5) is 37.6. The smallest absolute Gasteiger partial charge is 0.361 e. The second-order valence-electron chi connectivity index (χ2n) is 23.7. The number of likely N-dealkylation sites (N-methyl/N-ethyl adjacent to an activating group) is 1. The van der Waals surface area contributed by atoms with Crippen molar-refractivity contribution in [3.8, 4) is 0 Å². The Bertz CT molecular complexity index is 2510. The van der Waals surface area contributed by atoms with Gasteiger partial charge in [-0.05, 0) is 167 Å². The quantitative estimate of drug-likeness (QED) is 0.0211. The summed E-state index contributed by atoms with van der Waals surface area (Å²) in [6.45, 7) is 4.50. The molecule has 0 saturated heterocycles. The normalized spacial score (nSPS) is 14.2. The van der Waals surface area contributed by atoms with Crippen LogP contribution in [0.15, 0.2) is 255 Å². The van der Waals surface area contributed by atoms with Crippen molar-refractivity contribution in [3.63, 3.8) is 0 Å². The first kappa shape index (κ1) is 87.8. The molecule has 0 aromatic carbocycles. The van der Waals surface area contributed by atoms with Crippen molar-refractivity contribution in [3.05, 3.63) is 255 Å². The highest BCUT2D eigenvalue weighted by Gasteiger charge is 2.25. The van der Waals surface area contributed by atoms with E-state index < -0.39 is 30.3 Å². The van der Waals surface area contributed by atoms with Crippen LogP contribution in [0, 0.1) is 0 Å². The van der Waals surface area contributed by atoms with Gasteiger partial charge in [-0.3, -0.25) is 9.59 Å². The predicted octanol–water partition coefficient (Wildman–Crippen LogP) is 23.0. The van der Waals surface area contributed by atoms with Crippen LogP contribution in [0.4, 0.5) is 0 Å². The molecule has 0 heterocycles. The molecule has 0 spiro atoms.